The Bertz CT molecular complexity index is 575. The molecule has 0 fully saturated rings. The fourth-order valence-corrected chi connectivity index (χ4v) is 1.86. The lowest BCUT2D eigenvalue weighted by atomic mass is 10.0. The SMILES string of the molecule is CCOC(=O)CC=Cc1cccc2c1C(=O)C(=O)N2. The van der Waals surface area contributed by atoms with E-state index in [1.165, 1.54) is 0 Å². The minimum atomic E-state index is -0.624. The van der Waals surface area contributed by atoms with Crippen LogP contribution in [0.1, 0.15) is 29.3 Å². The second kappa shape index (κ2) is 5.48. The predicted octanol–water partition coefficient (Wildman–Crippen LogP) is 1.79. The van der Waals surface area contributed by atoms with E-state index < -0.39 is 11.7 Å². The van der Waals surface area contributed by atoms with Gasteiger partial charge >= 0.3 is 5.97 Å². The maximum absolute atomic E-state index is 11.7. The van der Waals surface area contributed by atoms with Crippen molar-refractivity contribution in [3.05, 3.63) is 35.4 Å². The van der Waals surface area contributed by atoms with Crippen LogP contribution in [0, 0.1) is 0 Å². The Labute approximate surface area is 110 Å². The molecule has 0 aromatic heterocycles. The molecule has 1 aliphatic heterocycles. The summed E-state index contributed by atoms with van der Waals surface area (Å²) in [5.74, 6) is -1.50. The van der Waals surface area contributed by atoms with Crippen molar-refractivity contribution in [3.63, 3.8) is 0 Å². The first-order chi connectivity index (χ1) is 9.13. The van der Waals surface area contributed by atoms with Crippen LogP contribution in [0.25, 0.3) is 6.08 Å². The van der Waals surface area contributed by atoms with Gasteiger partial charge < -0.3 is 10.1 Å². The average Bonchev–Trinajstić information content (AvgIpc) is 2.66. The third kappa shape index (κ3) is 2.70. The standard InChI is InChI=1S/C14H13NO4/c1-2-19-11(16)8-4-6-9-5-3-7-10-12(9)13(17)14(18)15-10/h3-7H,2,8H2,1H3,(H,15,17,18). The van der Waals surface area contributed by atoms with Crippen molar-refractivity contribution in [1.82, 2.24) is 0 Å². The number of nitrogens with one attached hydrogen (secondary N) is 1. The summed E-state index contributed by atoms with van der Waals surface area (Å²) in [6.07, 6.45) is 3.39. The van der Waals surface area contributed by atoms with Gasteiger partial charge in [-0.1, -0.05) is 24.3 Å². The lowest BCUT2D eigenvalue weighted by molar-refractivity contribution is -0.142. The van der Waals surface area contributed by atoms with Crippen LogP contribution in [0.5, 0.6) is 0 Å². The lowest BCUT2D eigenvalue weighted by Gasteiger charge is -2.01. The second-order valence-corrected chi connectivity index (χ2v) is 3.96. The summed E-state index contributed by atoms with van der Waals surface area (Å²) in [5.41, 5.74) is 1.48. The lowest BCUT2D eigenvalue weighted by Crippen LogP contribution is -2.12. The number of hydrogen-bond acceptors (Lipinski definition) is 4. The topological polar surface area (TPSA) is 72.5 Å². The maximum Gasteiger partial charge on any atom is 0.309 e. The molecule has 2 rings (SSSR count). The Morgan fingerprint density at radius 3 is 2.89 bits per heavy atom. The van der Waals surface area contributed by atoms with E-state index in [4.69, 9.17) is 4.74 Å². The highest BCUT2D eigenvalue weighted by atomic mass is 16.5. The zero-order valence-corrected chi connectivity index (χ0v) is 10.4. The molecule has 5 nitrogen and oxygen atoms in total. The number of benzene rings is 1. The summed E-state index contributed by atoms with van der Waals surface area (Å²) in [7, 11) is 0. The van der Waals surface area contributed by atoms with Crippen LogP contribution in [0.15, 0.2) is 24.3 Å². The molecule has 1 aromatic rings. The third-order valence-corrected chi connectivity index (χ3v) is 2.67. The van der Waals surface area contributed by atoms with Gasteiger partial charge in [-0.2, -0.15) is 0 Å². The number of hydrogen-bond donors (Lipinski definition) is 1. The molecule has 5 heteroatoms. The highest BCUT2D eigenvalue weighted by Gasteiger charge is 2.29. The van der Waals surface area contributed by atoms with Crippen molar-refractivity contribution in [1.29, 1.82) is 0 Å². The molecule has 0 radical (unpaired) electrons. The second-order valence-electron chi connectivity index (χ2n) is 3.96. The van der Waals surface area contributed by atoms with Crippen molar-refractivity contribution < 1.29 is 19.1 Å². The van der Waals surface area contributed by atoms with Crippen LogP contribution in [-0.4, -0.2) is 24.3 Å². The zero-order valence-electron chi connectivity index (χ0n) is 10.4. The molecule has 98 valence electrons. The summed E-state index contributed by atoms with van der Waals surface area (Å²) >= 11 is 0. The number of ketones is 1. The van der Waals surface area contributed by atoms with Gasteiger partial charge in [0, 0.05) is 0 Å². The minimum absolute atomic E-state index is 0.132. The monoisotopic (exact) mass is 259 g/mol. The van der Waals surface area contributed by atoms with Crippen molar-refractivity contribution in [2.45, 2.75) is 13.3 Å². The number of esters is 1. The van der Waals surface area contributed by atoms with Gasteiger partial charge in [0.2, 0.25) is 0 Å². The van der Waals surface area contributed by atoms with Crippen LogP contribution in [0.3, 0.4) is 0 Å². The van der Waals surface area contributed by atoms with Crippen molar-refractivity contribution in [3.8, 4) is 0 Å². The van der Waals surface area contributed by atoms with Crippen molar-refractivity contribution >= 4 is 29.4 Å². The molecule has 1 heterocycles. The first-order valence-electron chi connectivity index (χ1n) is 5.94. The number of amides is 1. The first kappa shape index (κ1) is 13.0. The number of rotatable bonds is 4. The molecule has 0 saturated carbocycles. The molecule has 0 unspecified atom stereocenters. The molecule has 1 amide bonds. The van der Waals surface area contributed by atoms with E-state index in [0.717, 1.165) is 0 Å². The molecule has 19 heavy (non-hydrogen) atoms. The van der Waals surface area contributed by atoms with Gasteiger partial charge in [-0.05, 0) is 18.6 Å². The highest BCUT2D eigenvalue weighted by Crippen LogP contribution is 2.27. The molecule has 0 saturated heterocycles. The minimum Gasteiger partial charge on any atom is -0.466 e. The Morgan fingerprint density at radius 2 is 2.16 bits per heavy atom. The largest absolute Gasteiger partial charge is 0.466 e. The summed E-state index contributed by atoms with van der Waals surface area (Å²) in [6, 6.07) is 5.13. The van der Waals surface area contributed by atoms with Crippen LogP contribution in [0.4, 0.5) is 5.69 Å². The van der Waals surface area contributed by atoms with E-state index in [2.05, 4.69) is 5.32 Å². The van der Waals surface area contributed by atoms with E-state index in [-0.39, 0.29) is 12.4 Å². The van der Waals surface area contributed by atoms with E-state index in [1.54, 1.807) is 37.3 Å². The van der Waals surface area contributed by atoms with Crippen LogP contribution in [0.2, 0.25) is 0 Å². The molecule has 0 spiro atoms. The van der Waals surface area contributed by atoms with Gasteiger partial charge in [0.05, 0.1) is 24.3 Å². The van der Waals surface area contributed by atoms with Gasteiger partial charge in [-0.25, -0.2) is 0 Å². The summed E-state index contributed by atoms with van der Waals surface area (Å²) < 4.78 is 4.79. The Balaban J connectivity index is 2.17. The van der Waals surface area contributed by atoms with Crippen molar-refractivity contribution in [2.75, 3.05) is 11.9 Å². The molecule has 1 N–H and O–H groups in total. The van der Waals surface area contributed by atoms with Crippen LogP contribution in [-0.2, 0) is 14.3 Å². The normalized spacial score (nSPS) is 13.5. The van der Waals surface area contributed by atoms with E-state index in [1.807, 2.05) is 0 Å². The van der Waals surface area contributed by atoms with Crippen molar-refractivity contribution in [2.24, 2.45) is 0 Å². The van der Waals surface area contributed by atoms with Gasteiger partial charge in [-0.15, -0.1) is 0 Å². The molecule has 0 bridgehead atoms. The predicted molar refractivity (Wildman–Crippen MR) is 69.7 cm³/mol. The zero-order chi connectivity index (χ0) is 13.8. The van der Waals surface area contributed by atoms with Gasteiger partial charge in [0.15, 0.2) is 0 Å². The number of Topliss-reactive ketones (excluding diaryl/α,β-unsaturated/α-hetero) is 1. The fraction of sp³-hybridized carbons (Fsp3) is 0.214. The first-order valence-corrected chi connectivity index (χ1v) is 5.94. The summed E-state index contributed by atoms with van der Waals surface area (Å²) in [5, 5.41) is 2.49. The fourth-order valence-electron chi connectivity index (χ4n) is 1.86. The van der Waals surface area contributed by atoms with Crippen LogP contribution < -0.4 is 5.32 Å². The van der Waals surface area contributed by atoms with Gasteiger partial charge in [0.1, 0.15) is 0 Å². The Morgan fingerprint density at radius 1 is 1.37 bits per heavy atom. The number of carbonyl (C=O) groups is 3. The number of anilines is 1. The number of ether oxygens (including phenoxy) is 1. The summed E-state index contributed by atoms with van der Waals surface area (Å²) in [4.78, 5) is 34.1. The van der Waals surface area contributed by atoms with Gasteiger partial charge in [-0.3, -0.25) is 14.4 Å². The molecule has 0 aliphatic carbocycles. The number of carbonyl (C=O) groups excluding carboxylic acids is 3. The Kier molecular flexibility index (Phi) is 3.75. The average molecular weight is 259 g/mol. The van der Waals surface area contributed by atoms with E-state index in [9.17, 15) is 14.4 Å². The molecule has 1 aromatic carbocycles. The molecular weight excluding hydrogens is 246 g/mol. The van der Waals surface area contributed by atoms with E-state index >= 15 is 0 Å². The van der Waals surface area contributed by atoms with E-state index in [0.29, 0.717) is 23.4 Å². The quantitative estimate of drug-likeness (QED) is 0.661. The van der Waals surface area contributed by atoms with Crippen LogP contribution >= 0.6 is 0 Å². The maximum atomic E-state index is 11.7. The Hall–Kier alpha value is -2.43. The molecule has 1 aliphatic rings. The molecular formula is C14H13NO4. The third-order valence-electron chi connectivity index (χ3n) is 2.67. The summed E-state index contributed by atoms with van der Waals surface area (Å²) in [6.45, 7) is 2.08. The smallest absolute Gasteiger partial charge is 0.309 e. The molecule has 0 atom stereocenters. The number of fused-ring (bicyclic) bond motifs is 1. The highest BCUT2D eigenvalue weighted by molar-refractivity contribution is 6.52. The van der Waals surface area contributed by atoms with Gasteiger partial charge in [0.25, 0.3) is 11.7 Å².